The van der Waals surface area contributed by atoms with E-state index in [1.807, 2.05) is 12.4 Å². The topological polar surface area (TPSA) is 49.8 Å². The lowest BCUT2D eigenvalue weighted by Crippen LogP contribution is -2.30. The number of piperidine rings is 1. The van der Waals surface area contributed by atoms with E-state index in [9.17, 15) is 0 Å². The van der Waals surface area contributed by atoms with E-state index in [1.165, 1.54) is 25.8 Å². The highest BCUT2D eigenvalue weighted by atomic mass is 127. The molecular formula is C11H17IN4. The Morgan fingerprint density at radius 1 is 1.44 bits per heavy atom. The van der Waals surface area contributed by atoms with E-state index in [4.69, 9.17) is 0 Å². The van der Waals surface area contributed by atoms with Gasteiger partial charge in [-0.2, -0.15) is 0 Å². The van der Waals surface area contributed by atoms with Gasteiger partial charge in [-0.25, -0.2) is 9.97 Å². The van der Waals surface area contributed by atoms with Crippen molar-refractivity contribution in [2.45, 2.75) is 19.3 Å². The molecule has 0 spiro atoms. The van der Waals surface area contributed by atoms with E-state index >= 15 is 0 Å². The number of nitrogens with one attached hydrogen (secondary N) is 2. The van der Waals surface area contributed by atoms with E-state index in [1.54, 1.807) is 0 Å². The van der Waals surface area contributed by atoms with Crippen molar-refractivity contribution in [3.63, 3.8) is 0 Å². The van der Waals surface area contributed by atoms with Crippen LogP contribution in [0.5, 0.6) is 0 Å². The average molecular weight is 332 g/mol. The van der Waals surface area contributed by atoms with Crippen LogP contribution < -0.4 is 10.6 Å². The van der Waals surface area contributed by atoms with Gasteiger partial charge in [-0.15, -0.1) is 0 Å². The van der Waals surface area contributed by atoms with Crippen molar-refractivity contribution in [2.24, 2.45) is 5.92 Å². The van der Waals surface area contributed by atoms with Gasteiger partial charge in [0, 0.05) is 22.5 Å². The van der Waals surface area contributed by atoms with Gasteiger partial charge in [-0.3, -0.25) is 0 Å². The van der Waals surface area contributed by atoms with E-state index in [-0.39, 0.29) is 0 Å². The summed E-state index contributed by atoms with van der Waals surface area (Å²) in [4.78, 5) is 8.43. The van der Waals surface area contributed by atoms with Gasteiger partial charge in [0.15, 0.2) is 0 Å². The quantitative estimate of drug-likeness (QED) is 0.827. The summed E-state index contributed by atoms with van der Waals surface area (Å²) >= 11 is 2.21. The Labute approximate surface area is 110 Å². The molecule has 2 heterocycles. The molecule has 1 atom stereocenters. The summed E-state index contributed by atoms with van der Waals surface area (Å²) in [6, 6.07) is 0. The predicted octanol–water partition coefficient (Wildman–Crippen LogP) is 1.88. The van der Waals surface area contributed by atoms with Crippen LogP contribution in [-0.4, -0.2) is 29.6 Å². The standard InChI is InChI=1S/C11H17IN4/c12-10-7-15-11(16-8-10)14-5-3-9-2-1-4-13-6-9/h7-9,13H,1-6H2,(H,14,15,16). The number of rotatable bonds is 4. The first kappa shape index (κ1) is 12.0. The third-order valence-electron chi connectivity index (χ3n) is 2.85. The molecule has 0 saturated carbocycles. The van der Waals surface area contributed by atoms with Gasteiger partial charge in [0.25, 0.3) is 0 Å². The van der Waals surface area contributed by atoms with Crippen molar-refractivity contribution >= 4 is 28.5 Å². The summed E-state index contributed by atoms with van der Waals surface area (Å²) in [7, 11) is 0. The molecule has 0 aliphatic carbocycles. The second-order valence-electron chi connectivity index (χ2n) is 4.15. The fourth-order valence-electron chi connectivity index (χ4n) is 1.96. The summed E-state index contributed by atoms with van der Waals surface area (Å²) in [6.07, 6.45) is 7.52. The van der Waals surface area contributed by atoms with E-state index < -0.39 is 0 Å². The maximum atomic E-state index is 4.22. The smallest absolute Gasteiger partial charge is 0.222 e. The SMILES string of the molecule is Ic1cnc(NCCC2CCCNC2)nc1. The van der Waals surface area contributed by atoms with E-state index in [0.29, 0.717) is 0 Å². The number of anilines is 1. The van der Waals surface area contributed by atoms with E-state index in [2.05, 4.69) is 43.2 Å². The highest BCUT2D eigenvalue weighted by molar-refractivity contribution is 14.1. The van der Waals surface area contributed by atoms with Crippen LogP contribution in [0.1, 0.15) is 19.3 Å². The molecule has 1 aromatic heterocycles. The van der Waals surface area contributed by atoms with Gasteiger partial charge in [0.1, 0.15) is 0 Å². The summed E-state index contributed by atoms with van der Waals surface area (Å²) < 4.78 is 1.07. The minimum Gasteiger partial charge on any atom is -0.354 e. The average Bonchev–Trinajstić information content (AvgIpc) is 2.33. The molecule has 0 radical (unpaired) electrons. The zero-order valence-electron chi connectivity index (χ0n) is 9.25. The fourth-order valence-corrected chi connectivity index (χ4v) is 2.24. The minimum absolute atomic E-state index is 0.740. The van der Waals surface area contributed by atoms with Crippen LogP contribution in [0, 0.1) is 9.49 Å². The summed E-state index contributed by atoms with van der Waals surface area (Å²) in [5.41, 5.74) is 0. The molecule has 2 N–H and O–H groups in total. The molecular weight excluding hydrogens is 315 g/mol. The van der Waals surface area contributed by atoms with Crippen molar-refractivity contribution < 1.29 is 0 Å². The monoisotopic (exact) mass is 332 g/mol. The zero-order chi connectivity index (χ0) is 11.2. The van der Waals surface area contributed by atoms with Crippen LogP contribution in [-0.2, 0) is 0 Å². The van der Waals surface area contributed by atoms with Crippen LogP contribution in [0.25, 0.3) is 0 Å². The Morgan fingerprint density at radius 2 is 2.25 bits per heavy atom. The number of hydrogen-bond acceptors (Lipinski definition) is 4. The molecule has 4 nitrogen and oxygen atoms in total. The predicted molar refractivity (Wildman–Crippen MR) is 73.4 cm³/mol. The summed E-state index contributed by atoms with van der Waals surface area (Å²) in [5.74, 6) is 1.55. The highest BCUT2D eigenvalue weighted by Crippen LogP contribution is 2.13. The van der Waals surface area contributed by atoms with Crippen LogP contribution in [0.3, 0.4) is 0 Å². The number of halogens is 1. The van der Waals surface area contributed by atoms with Crippen molar-refractivity contribution in [3.05, 3.63) is 16.0 Å². The van der Waals surface area contributed by atoms with E-state index in [0.717, 1.165) is 28.5 Å². The van der Waals surface area contributed by atoms with Crippen molar-refractivity contribution in [3.8, 4) is 0 Å². The van der Waals surface area contributed by atoms with Crippen molar-refractivity contribution in [1.29, 1.82) is 0 Å². The second-order valence-corrected chi connectivity index (χ2v) is 5.40. The Kier molecular flexibility index (Phi) is 4.77. The molecule has 1 aliphatic rings. The molecule has 0 aromatic carbocycles. The Morgan fingerprint density at radius 3 is 2.94 bits per heavy atom. The summed E-state index contributed by atoms with van der Waals surface area (Å²) in [5, 5.41) is 6.70. The molecule has 1 aliphatic heterocycles. The number of aromatic nitrogens is 2. The lowest BCUT2D eigenvalue weighted by atomic mass is 9.96. The first-order valence-corrected chi connectivity index (χ1v) is 6.84. The van der Waals surface area contributed by atoms with Gasteiger partial charge < -0.3 is 10.6 Å². The normalized spacial score (nSPS) is 20.7. The Bertz CT molecular complexity index is 308. The molecule has 2 rings (SSSR count). The summed E-state index contributed by atoms with van der Waals surface area (Å²) in [6.45, 7) is 3.31. The van der Waals surface area contributed by atoms with Gasteiger partial charge in [0.2, 0.25) is 5.95 Å². The van der Waals surface area contributed by atoms with Gasteiger partial charge in [-0.05, 0) is 60.9 Å². The number of hydrogen-bond donors (Lipinski definition) is 2. The van der Waals surface area contributed by atoms with Gasteiger partial charge in [-0.1, -0.05) is 0 Å². The molecule has 0 bridgehead atoms. The molecule has 0 amide bonds. The lowest BCUT2D eigenvalue weighted by Gasteiger charge is -2.22. The van der Waals surface area contributed by atoms with Crippen molar-refractivity contribution in [2.75, 3.05) is 25.0 Å². The third-order valence-corrected chi connectivity index (χ3v) is 3.41. The lowest BCUT2D eigenvalue weighted by molar-refractivity contribution is 0.364. The second kappa shape index (κ2) is 6.34. The maximum absolute atomic E-state index is 4.22. The Balaban J connectivity index is 1.69. The van der Waals surface area contributed by atoms with Crippen molar-refractivity contribution in [1.82, 2.24) is 15.3 Å². The van der Waals surface area contributed by atoms with Crippen LogP contribution in [0.2, 0.25) is 0 Å². The van der Waals surface area contributed by atoms with Gasteiger partial charge in [0.05, 0.1) is 0 Å². The molecule has 16 heavy (non-hydrogen) atoms. The molecule has 88 valence electrons. The first-order chi connectivity index (χ1) is 7.84. The molecule has 1 saturated heterocycles. The third kappa shape index (κ3) is 3.86. The first-order valence-electron chi connectivity index (χ1n) is 5.77. The van der Waals surface area contributed by atoms with Crippen LogP contribution in [0.15, 0.2) is 12.4 Å². The number of nitrogens with zero attached hydrogens (tertiary/aromatic N) is 2. The Hall–Kier alpha value is -0.430. The van der Waals surface area contributed by atoms with Gasteiger partial charge >= 0.3 is 0 Å². The maximum Gasteiger partial charge on any atom is 0.222 e. The molecule has 5 heteroatoms. The van der Waals surface area contributed by atoms with Crippen LogP contribution >= 0.6 is 22.6 Å². The fraction of sp³-hybridized carbons (Fsp3) is 0.636. The minimum atomic E-state index is 0.740. The zero-order valence-corrected chi connectivity index (χ0v) is 11.4. The van der Waals surface area contributed by atoms with Crippen LogP contribution in [0.4, 0.5) is 5.95 Å². The molecule has 1 aromatic rings. The molecule has 1 unspecified atom stereocenters. The largest absolute Gasteiger partial charge is 0.354 e. The highest BCUT2D eigenvalue weighted by Gasteiger charge is 2.12. The molecule has 1 fully saturated rings.